The second-order valence-electron chi connectivity index (χ2n) is 3.26. The summed E-state index contributed by atoms with van der Waals surface area (Å²) >= 11 is 3.19. The quantitative estimate of drug-likeness (QED) is 0.868. The van der Waals surface area contributed by atoms with E-state index in [1.165, 1.54) is 6.20 Å². The zero-order valence-corrected chi connectivity index (χ0v) is 10.3. The van der Waals surface area contributed by atoms with Gasteiger partial charge in [-0.3, -0.25) is 0 Å². The van der Waals surface area contributed by atoms with Crippen molar-refractivity contribution in [3.63, 3.8) is 0 Å². The molecule has 0 saturated heterocycles. The van der Waals surface area contributed by atoms with Gasteiger partial charge in [0.2, 0.25) is 5.88 Å². The third-order valence-corrected chi connectivity index (χ3v) is 2.53. The second kappa shape index (κ2) is 4.97. The molecule has 4 nitrogen and oxygen atoms in total. The van der Waals surface area contributed by atoms with E-state index < -0.39 is 11.9 Å². The normalized spacial score (nSPS) is 11.6. The Morgan fingerprint density at radius 2 is 2.17 bits per heavy atom. The first kappa shape index (κ1) is 12.9. The molecule has 0 aromatic carbocycles. The van der Waals surface area contributed by atoms with Gasteiger partial charge in [0.05, 0.1) is 4.47 Å². The van der Waals surface area contributed by atoms with Crippen LogP contribution in [0.5, 0.6) is 5.88 Å². The summed E-state index contributed by atoms with van der Waals surface area (Å²) in [6, 6.07) is 4.17. The predicted octanol–water partition coefficient (Wildman–Crippen LogP) is 3.43. The molecule has 2 aromatic heterocycles. The Labute approximate surface area is 108 Å². The summed E-state index contributed by atoms with van der Waals surface area (Å²) in [4.78, 5) is 3.90. The van der Waals surface area contributed by atoms with Crippen LogP contribution in [0.2, 0.25) is 0 Å². The lowest BCUT2D eigenvalue weighted by molar-refractivity contribution is -0.142. The van der Waals surface area contributed by atoms with Gasteiger partial charge in [-0.05, 0) is 28.1 Å². The van der Waals surface area contributed by atoms with Crippen LogP contribution in [0.4, 0.5) is 13.2 Å². The molecule has 0 saturated carbocycles. The fourth-order valence-corrected chi connectivity index (χ4v) is 1.50. The van der Waals surface area contributed by atoms with Gasteiger partial charge in [-0.2, -0.15) is 13.2 Å². The first-order chi connectivity index (χ1) is 8.47. The summed E-state index contributed by atoms with van der Waals surface area (Å²) in [7, 11) is 0. The average molecular weight is 323 g/mol. The van der Waals surface area contributed by atoms with Crippen molar-refractivity contribution in [1.29, 1.82) is 0 Å². The molecular weight excluding hydrogens is 317 g/mol. The van der Waals surface area contributed by atoms with Gasteiger partial charge in [-0.25, -0.2) is 4.98 Å². The fraction of sp³-hybridized carbons (Fsp3) is 0.200. The Hall–Kier alpha value is -1.57. The van der Waals surface area contributed by atoms with Gasteiger partial charge in [0.15, 0.2) is 18.1 Å². The molecular formula is C10H6BrF3N2O2. The van der Waals surface area contributed by atoms with Crippen molar-refractivity contribution in [3.05, 3.63) is 40.3 Å². The number of alkyl halides is 3. The van der Waals surface area contributed by atoms with Crippen molar-refractivity contribution >= 4 is 15.9 Å². The monoisotopic (exact) mass is 322 g/mol. The molecule has 0 fully saturated rings. The molecule has 8 heteroatoms. The maximum absolute atomic E-state index is 12.2. The lowest BCUT2D eigenvalue weighted by Crippen LogP contribution is -2.04. The van der Waals surface area contributed by atoms with Crippen molar-refractivity contribution in [2.24, 2.45) is 0 Å². The molecule has 2 aromatic rings. The summed E-state index contributed by atoms with van der Waals surface area (Å²) in [5.41, 5.74) is -1.08. The van der Waals surface area contributed by atoms with E-state index in [-0.39, 0.29) is 18.2 Å². The van der Waals surface area contributed by atoms with E-state index in [4.69, 9.17) is 4.74 Å². The van der Waals surface area contributed by atoms with E-state index in [9.17, 15) is 13.2 Å². The first-order valence-corrected chi connectivity index (χ1v) is 5.52. The third kappa shape index (κ3) is 3.00. The number of hydrogen-bond donors (Lipinski definition) is 0. The van der Waals surface area contributed by atoms with Gasteiger partial charge >= 0.3 is 6.18 Å². The van der Waals surface area contributed by atoms with Crippen molar-refractivity contribution in [2.75, 3.05) is 0 Å². The van der Waals surface area contributed by atoms with Gasteiger partial charge in [-0.1, -0.05) is 5.16 Å². The number of halogens is 4. The molecule has 0 unspecified atom stereocenters. The minimum absolute atomic E-state index is 0.0279. The molecule has 0 radical (unpaired) electrons. The highest BCUT2D eigenvalue weighted by Crippen LogP contribution is 2.29. The predicted molar refractivity (Wildman–Crippen MR) is 57.8 cm³/mol. The van der Waals surface area contributed by atoms with E-state index in [1.54, 1.807) is 12.1 Å². The SMILES string of the molecule is FC(F)(F)c1cc(COc2ncccc2Br)on1. The van der Waals surface area contributed by atoms with E-state index in [2.05, 4.69) is 30.6 Å². The van der Waals surface area contributed by atoms with Gasteiger partial charge in [0.1, 0.15) is 0 Å². The number of pyridine rings is 1. The summed E-state index contributed by atoms with van der Waals surface area (Å²) in [5, 5.41) is 2.91. The van der Waals surface area contributed by atoms with Crippen LogP contribution in [0.25, 0.3) is 0 Å². The Balaban J connectivity index is 2.03. The summed E-state index contributed by atoms with van der Waals surface area (Å²) in [6.07, 6.45) is -3.02. The summed E-state index contributed by atoms with van der Waals surface area (Å²) in [6.45, 7) is -0.182. The molecule has 0 aliphatic carbocycles. The minimum Gasteiger partial charge on any atom is -0.469 e. The molecule has 2 rings (SSSR count). The number of hydrogen-bond acceptors (Lipinski definition) is 4. The second-order valence-corrected chi connectivity index (χ2v) is 4.11. The van der Waals surface area contributed by atoms with Crippen molar-refractivity contribution in [3.8, 4) is 5.88 Å². The van der Waals surface area contributed by atoms with Crippen LogP contribution in [-0.4, -0.2) is 10.1 Å². The van der Waals surface area contributed by atoms with Gasteiger partial charge in [-0.15, -0.1) is 0 Å². The van der Waals surface area contributed by atoms with Gasteiger partial charge in [0, 0.05) is 12.3 Å². The largest absolute Gasteiger partial charge is 0.469 e. The number of ether oxygens (including phenoxy) is 1. The highest BCUT2D eigenvalue weighted by molar-refractivity contribution is 9.10. The van der Waals surface area contributed by atoms with E-state index >= 15 is 0 Å². The molecule has 0 amide bonds. The third-order valence-electron chi connectivity index (χ3n) is 1.93. The highest BCUT2D eigenvalue weighted by Gasteiger charge is 2.35. The van der Waals surface area contributed by atoms with Crippen LogP contribution in [-0.2, 0) is 12.8 Å². The molecule has 18 heavy (non-hydrogen) atoms. The van der Waals surface area contributed by atoms with Crippen molar-refractivity contribution in [2.45, 2.75) is 12.8 Å². The van der Waals surface area contributed by atoms with Crippen LogP contribution in [0, 0.1) is 0 Å². The molecule has 0 spiro atoms. The summed E-state index contributed by atoms with van der Waals surface area (Å²) in [5.74, 6) is 0.238. The lowest BCUT2D eigenvalue weighted by atomic mass is 10.3. The van der Waals surface area contributed by atoms with Crippen LogP contribution < -0.4 is 4.74 Å². The Kier molecular flexibility index (Phi) is 3.55. The van der Waals surface area contributed by atoms with Gasteiger partial charge < -0.3 is 9.26 Å². The molecule has 96 valence electrons. The number of rotatable bonds is 3. The summed E-state index contributed by atoms with van der Waals surface area (Å²) < 4.78 is 47.0. The van der Waals surface area contributed by atoms with E-state index in [0.29, 0.717) is 4.47 Å². The molecule has 0 aliphatic heterocycles. The number of nitrogens with zero attached hydrogens (tertiary/aromatic N) is 2. The van der Waals surface area contributed by atoms with Crippen LogP contribution >= 0.6 is 15.9 Å². The maximum Gasteiger partial charge on any atom is 0.436 e. The Bertz CT molecular complexity index is 542. The highest BCUT2D eigenvalue weighted by atomic mass is 79.9. The fourth-order valence-electron chi connectivity index (χ4n) is 1.13. The zero-order chi connectivity index (χ0) is 13.2. The molecule has 0 atom stereocenters. The average Bonchev–Trinajstić information content (AvgIpc) is 2.76. The van der Waals surface area contributed by atoms with Crippen LogP contribution in [0.15, 0.2) is 33.4 Å². The first-order valence-electron chi connectivity index (χ1n) is 4.73. The van der Waals surface area contributed by atoms with Crippen molar-refractivity contribution < 1.29 is 22.4 Å². The minimum atomic E-state index is -4.52. The van der Waals surface area contributed by atoms with E-state index in [1.807, 2.05) is 0 Å². The topological polar surface area (TPSA) is 48.2 Å². The molecule has 0 aliphatic rings. The van der Waals surface area contributed by atoms with Crippen molar-refractivity contribution in [1.82, 2.24) is 10.1 Å². The molecule has 2 heterocycles. The zero-order valence-electron chi connectivity index (χ0n) is 8.74. The van der Waals surface area contributed by atoms with Crippen LogP contribution in [0.3, 0.4) is 0 Å². The molecule has 0 N–H and O–H groups in total. The number of aromatic nitrogens is 2. The Morgan fingerprint density at radius 3 is 2.78 bits per heavy atom. The smallest absolute Gasteiger partial charge is 0.436 e. The lowest BCUT2D eigenvalue weighted by Gasteiger charge is -2.03. The molecule has 0 bridgehead atoms. The van der Waals surface area contributed by atoms with Crippen LogP contribution in [0.1, 0.15) is 11.5 Å². The maximum atomic E-state index is 12.2. The van der Waals surface area contributed by atoms with E-state index in [0.717, 1.165) is 6.07 Å². The Morgan fingerprint density at radius 1 is 1.39 bits per heavy atom. The van der Waals surface area contributed by atoms with Gasteiger partial charge in [0.25, 0.3) is 0 Å². The standard InChI is InChI=1S/C10H6BrF3N2O2/c11-7-2-1-3-15-9(7)17-5-6-4-8(16-18-6)10(12,13)14/h1-4H,5H2.